The highest BCUT2D eigenvalue weighted by Crippen LogP contribution is 2.31. The lowest BCUT2D eigenvalue weighted by Crippen LogP contribution is -2.25. The Bertz CT molecular complexity index is 752. The molecule has 2 aromatic rings. The van der Waals surface area contributed by atoms with Gasteiger partial charge in [0, 0.05) is 19.2 Å². The van der Waals surface area contributed by atoms with Gasteiger partial charge >= 0.3 is 0 Å². The normalized spacial score (nSPS) is 13.3. The number of hydrogen-bond donors (Lipinski definition) is 2. The molecule has 0 unspecified atom stereocenters. The molecule has 1 amide bonds. The number of carbonyl (C=O) groups excluding carboxylic acids is 1. The van der Waals surface area contributed by atoms with E-state index >= 15 is 0 Å². The molecule has 0 atom stereocenters. The van der Waals surface area contributed by atoms with Crippen LogP contribution >= 0.6 is 0 Å². The monoisotopic (exact) mass is 297 g/mol. The first kappa shape index (κ1) is 14.4. The van der Waals surface area contributed by atoms with Crippen molar-refractivity contribution in [3.8, 4) is 11.5 Å². The SMILES string of the molecule is CCc1cc(C(=O)N2Cc3ccc(C)cc3C2)c(O)cc1O. The lowest BCUT2D eigenvalue weighted by Gasteiger charge is -2.17. The first-order valence-corrected chi connectivity index (χ1v) is 7.42. The number of nitrogens with zero attached hydrogens (tertiary/aromatic N) is 1. The third-order valence-electron chi connectivity index (χ3n) is 4.18. The van der Waals surface area contributed by atoms with Gasteiger partial charge in [-0.15, -0.1) is 0 Å². The van der Waals surface area contributed by atoms with Crippen LogP contribution in [0.1, 0.15) is 39.5 Å². The second-order valence-electron chi connectivity index (χ2n) is 5.79. The summed E-state index contributed by atoms with van der Waals surface area (Å²) in [4.78, 5) is 14.4. The number of amides is 1. The van der Waals surface area contributed by atoms with Crippen molar-refractivity contribution in [3.05, 3.63) is 58.1 Å². The van der Waals surface area contributed by atoms with Crippen LogP contribution in [0.15, 0.2) is 30.3 Å². The standard InChI is InChI=1S/C18H19NO3/c1-3-12-7-15(17(21)8-16(12)20)18(22)19-9-13-5-4-11(2)6-14(13)10-19/h4-8,20-21H,3,9-10H2,1-2H3. The second-order valence-corrected chi connectivity index (χ2v) is 5.79. The zero-order valence-corrected chi connectivity index (χ0v) is 12.8. The summed E-state index contributed by atoms with van der Waals surface area (Å²) in [5, 5.41) is 19.7. The van der Waals surface area contributed by atoms with E-state index in [1.165, 1.54) is 11.6 Å². The summed E-state index contributed by atoms with van der Waals surface area (Å²) in [6.45, 7) is 5.03. The van der Waals surface area contributed by atoms with Crippen molar-refractivity contribution in [2.45, 2.75) is 33.4 Å². The minimum atomic E-state index is -0.207. The topological polar surface area (TPSA) is 60.8 Å². The summed E-state index contributed by atoms with van der Waals surface area (Å²) in [6.07, 6.45) is 0.603. The van der Waals surface area contributed by atoms with Gasteiger partial charge in [-0.2, -0.15) is 0 Å². The first-order valence-electron chi connectivity index (χ1n) is 7.42. The van der Waals surface area contributed by atoms with Crippen molar-refractivity contribution in [2.24, 2.45) is 0 Å². The van der Waals surface area contributed by atoms with E-state index in [2.05, 4.69) is 6.07 Å². The predicted molar refractivity (Wildman–Crippen MR) is 83.9 cm³/mol. The molecule has 0 saturated carbocycles. The molecule has 1 aliphatic rings. The molecule has 0 saturated heterocycles. The minimum absolute atomic E-state index is 0.0249. The summed E-state index contributed by atoms with van der Waals surface area (Å²) >= 11 is 0. The van der Waals surface area contributed by atoms with Crippen LogP contribution in [0.5, 0.6) is 11.5 Å². The van der Waals surface area contributed by atoms with Crippen LogP contribution in [-0.4, -0.2) is 21.0 Å². The lowest BCUT2D eigenvalue weighted by molar-refractivity contribution is 0.0748. The van der Waals surface area contributed by atoms with E-state index in [9.17, 15) is 15.0 Å². The number of carbonyl (C=O) groups is 1. The Morgan fingerprint density at radius 2 is 1.82 bits per heavy atom. The molecule has 4 nitrogen and oxygen atoms in total. The van der Waals surface area contributed by atoms with Crippen LogP contribution in [0.2, 0.25) is 0 Å². The third kappa shape index (κ3) is 2.41. The maximum atomic E-state index is 12.7. The molecule has 4 heteroatoms. The van der Waals surface area contributed by atoms with Gasteiger partial charge in [-0.25, -0.2) is 0 Å². The van der Waals surface area contributed by atoms with E-state index in [0.29, 0.717) is 25.1 Å². The smallest absolute Gasteiger partial charge is 0.258 e. The Hall–Kier alpha value is -2.49. The molecule has 1 heterocycles. The van der Waals surface area contributed by atoms with Crippen molar-refractivity contribution in [3.63, 3.8) is 0 Å². The van der Waals surface area contributed by atoms with Crippen molar-refractivity contribution in [1.29, 1.82) is 0 Å². The fourth-order valence-electron chi connectivity index (χ4n) is 2.91. The average molecular weight is 297 g/mol. The molecule has 0 aliphatic carbocycles. The van der Waals surface area contributed by atoms with E-state index in [4.69, 9.17) is 0 Å². The van der Waals surface area contributed by atoms with Crippen LogP contribution in [0.4, 0.5) is 0 Å². The molecule has 2 N–H and O–H groups in total. The van der Waals surface area contributed by atoms with Gasteiger partial charge in [-0.05, 0) is 36.1 Å². The van der Waals surface area contributed by atoms with E-state index in [-0.39, 0.29) is 23.0 Å². The predicted octanol–water partition coefficient (Wildman–Crippen LogP) is 3.12. The minimum Gasteiger partial charge on any atom is -0.508 e. The molecular formula is C18H19NO3. The first-order chi connectivity index (χ1) is 10.5. The Morgan fingerprint density at radius 1 is 1.09 bits per heavy atom. The maximum Gasteiger partial charge on any atom is 0.258 e. The van der Waals surface area contributed by atoms with Crippen LogP contribution < -0.4 is 0 Å². The molecule has 3 rings (SSSR count). The van der Waals surface area contributed by atoms with E-state index < -0.39 is 0 Å². The zero-order valence-electron chi connectivity index (χ0n) is 12.8. The summed E-state index contributed by atoms with van der Waals surface area (Å²) in [5.74, 6) is -0.357. The van der Waals surface area contributed by atoms with Gasteiger partial charge in [0.25, 0.3) is 5.91 Å². The fourth-order valence-corrected chi connectivity index (χ4v) is 2.91. The maximum absolute atomic E-state index is 12.7. The van der Waals surface area contributed by atoms with Crippen LogP contribution in [0.25, 0.3) is 0 Å². The highest BCUT2D eigenvalue weighted by atomic mass is 16.3. The van der Waals surface area contributed by atoms with Crippen molar-refractivity contribution < 1.29 is 15.0 Å². The molecule has 0 bridgehead atoms. The third-order valence-corrected chi connectivity index (χ3v) is 4.18. The highest BCUT2D eigenvalue weighted by molar-refractivity contribution is 5.97. The highest BCUT2D eigenvalue weighted by Gasteiger charge is 2.26. The largest absolute Gasteiger partial charge is 0.508 e. The number of aryl methyl sites for hydroxylation is 2. The lowest BCUT2D eigenvalue weighted by atomic mass is 10.1. The molecular weight excluding hydrogens is 278 g/mol. The number of hydrogen-bond acceptors (Lipinski definition) is 3. The fraction of sp³-hybridized carbons (Fsp3) is 0.278. The van der Waals surface area contributed by atoms with E-state index in [0.717, 1.165) is 11.1 Å². The van der Waals surface area contributed by atoms with Gasteiger partial charge in [0.05, 0.1) is 5.56 Å². The van der Waals surface area contributed by atoms with Crippen LogP contribution in [0.3, 0.4) is 0 Å². The number of phenols is 2. The Balaban J connectivity index is 1.90. The van der Waals surface area contributed by atoms with Gasteiger partial charge in [0.1, 0.15) is 11.5 Å². The summed E-state index contributed by atoms with van der Waals surface area (Å²) in [6, 6.07) is 9.02. The summed E-state index contributed by atoms with van der Waals surface area (Å²) in [5.41, 5.74) is 4.39. The summed E-state index contributed by atoms with van der Waals surface area (Å²) < 4.78 is 0. The Morgan fingerprint density at radius 3 is 2.55 bits per heavy atom. The number of aromatic hydroxyl groups is 2. The van der Waals surface area contributed by atoms with Gasteiger partial charge in [-0.3, -0.25) is 4.79 Å². The molecule has 114 valence electrons. The van der Waals surface area contributed by atoms with Crippen molar-refractivity contribution in [1.82, 2.24) is 4.90 Å². The van der Waals surface area contributed by atoms with E-state index in [1.807, 2.05) is 26.0 Å². The van der Waals surface area contributed by atoms with Crippen LogP contribution in [-0.2, 0) is 19.5 Å². The quantitative estimate of drug-likeness (QED) is 0.895. The number of rotatable bonds is 2. The van der Waals surface area contributed by atoms with Crippen LogP contribution in [0, 0.1) is 6.92 Å². The van der Waals surface area contributed by atoms with Gasteiger partial charge in [0.2, 0.25) is 0 Å². The Kier molecular flexibility index (Phi) is 3.53. The number of phenolic OH excluding ortho intramolecular Hbond substituents is 2. The molecule has 0 radical (unpaired) electrons. The number of fused-ring (bicyclic) bond motifs is 1. The van der Waals surface area contributed by atoms with Crippen molar-refractivity contribution in [2.75, 3.05) is 0 Å². The summed E-state index contributed by atoms with van der Waals surface area (Å²) in [7, 11) is 0. The van der Waals surface area contributed by atoms with E-state index in [1.54, 1.807) is 11.0 Å². The molecule has 1 aliphatic heterocycles. The zero-order chi connectivity index (χ0) is 15.9. The number of benzene rings is 2. The van der Waals surface area contributed by atoms with Gasteiger partial charge < -0.3 is 15.1 Å². The average Bonchev–Trinajstić information content (AvgIpc) is 2.89. The second kappa shape index (κ2) is 5.37. The van der Waals surface area contributed by atoms with Gasteiger partial charge in [-0.1, -0.05) is 30.7 Å². The van der Waals surface area contributed by atoms with Crippen molar-refractivity contribution >= 4 is 5.91 Å². The molecule has 0 aromatic heterocycles. The Labute approximate surface area is 129 Å². The molecule has 22 heavy (non-hydrogen) atoms. The molecule has 2 aromatic carbocycles. The molecule has 0 fully saturated rings. The van der Waals surface area contributed by atoms with Gasteiger partial charge in [0.15, 0.2) is 0 Å². The molecule has 0 spiro atoms.